The molecule has 0 aliphatic carbocycles. The van der Waals surface area contributed by atoms with Crippen LogP contribution >= 0.6 is 0 Å². The predicted octanol–water partition coefficient (Wildman–Crippen LogP) is 5.24. The van der Waals surface area contributed by atoms with Gasteiger partial charge in [-0.1, -0.05) is 62.4 Å². The first kappa shape index (κ1) is 32.4. The normalized spacial score (nSPS) is 19.4. The monoisotopic (exact) mass is 580 g/mol. The van der Waals surface area contributed by atoms with E-state index < -0.39 is 41.0 Å². The number of nitrogens with zero attached hydrogens (tertiary/aromatic N) is 3. The van der Waals surface area contributed by atoms with Crippen LogP contribution in [0.25, 0.3) is 0 Å². The molecule has 0 aromatic heterocycles. The van der Waals surface area contributed by atoms with E-state index in [1.165, 1.54) is 4.90 Å². The third-order valence-electron chi connectivity index (χ3n) is 6.69. The van der Waals surface area contributed by atoms with Crippen molar-refractivity contribution in [3.8, 4) is 0 Å². The first-order chi connectivity index (χ1) is 19.4. The summed E-state index contributed by atoms with van der Waals surface area (Å²) in [5.74, 6) is -0.910. The molecule has 10 heteroatoms. The summed E-state index contributed by atoms with van der Waals surface area (Å²) in [7, 11) is 1.61. The largest absolute Gasteiger partial charge is 0.443 e. The fourth-order valence-electron chi connectivity index (χ4n) is 5.18. The van der Waals surface area contributed by atoms with Gasteiger partial charge in [-0.15, -0.1) is 0 Å². The number of amides is 4. The first-order valence-corrected chi connectivity index (χ1v) is 14.2. The van der Waals surface area contributed by atoms with Crippen molar-refractivity contribution in [1.29, 1.82) is 0 Å². The number of carbonyl (C=O) groups excluding carboxylic acids is 4. The van der Waals surface area contributed by atoms with Gasteiger partial charge >= 0.3 is 12.2 Å². The van der Waals surface area contributed by atoms with Crippen molar-refractivity contribution < 1.29 is 28.7 Å². The van der Waals surface area contributed by atoms with Crippen LogP contribution in [0.4, 0.5) is 9.59 Å². The standard InChI is InChI=1S/C32H44N4O6/c1-22(2)25-34(9)27(38)32(20-23-16-12-10-13-17-23,21-35(25)26(37)24-18-14-11-15-19-24)36(29(40)42-31(6,7)8)33-28(39)41-30(3,4)5/h10-19,22,25H,20-21H2,1-9H3,(H,33,39)/t25-,32-/m1/s1. The van der Waals surface area contributed by atoms with Crippen LogP contribution in [0.2, 0.25) is 0 Å². The van der Waals surface area contributed by atoms with Gasteiger partial charge in [0, 0.05) is 19.0 Å². The molecule has 1 saturated heterocycles. The summed E-state index contributed by atoms with van der Waals surface area (Å²) in [6, 6.07) is 17.9. The molecule has 0 spiro atoms. The minimum Gasteiger partial charge on any atom is -0.443 e. The minimum absolute atomic E-state index is 0.0184. The van der Waals surface area contributed by atoms with Gasteiger partial charge in [0.25, 0.3) is 11.8 Å². The highest BCUT2D eigenvalue weighted by Gasteiger charge is 2.58. The molecule has 2 aromatic carbocycles. The predicted molar refractivity (Wildman–Crippen MR) is 159 cm³/mol. The number of likely N-dealkylation sites (N-methyl/N-ethyl adjacent to an activating group) is 1. The number of benzene rings is 2. The topological polar surface area (TPSA) is 108 Å². The van der Waals surface area contributed by atoms with Crippen LogP contribution in [0.1, 0.15) is 71.3 Å². The molecular formula is C32H44N4O6. The highest BCUT2D eigenvalue weighted by Crippen LogP contribution is 2.35. The van der Waals surface area contributed by atoms with Crippen LogP contribution < -0.4 is 5.43 Å². The molecule has 2 aromatic rings. The highest BCUT2D eigenvalue weighted by molar-refractivity contribution is 5.98. The Balaban J connectivity index is 2.25. The number of carbonyl (C=O) groups is 4. The molecule has 0 unspecified atom stereocenters. The maximum absolute atomic E-state index is 14.6. The second-order valence-corrected chi connectivity index (χ2v) is 13.0. The van der Waals surface area contributed by atoms with E-state index >= 15 is 0 Å². The molecule has 10 nitrogen and oxygen atoms in total. The summed E-state index contributed by atoms with van der Waals surface area (Å²) < 4.78 is 11.2. The summed E-state index contributed by atoms with van der Waals surface area (Å²) in [5.41, 5.74) is 0.0539. The van der Waals surface area contributed by atoms with E-state index in [-0.39, 0.29) is 24.8 Å². The first-order valence-electron chi connectivity index (χ1n) is 14.2. The van der Waals surface area contributed by atoms with E-state index in [1.54, 1.807) is 77.8 Å². The summed E-state index contributed by atoms with van der Waals surface area (Å²) in [5, 5.41) is 0.917. The van der Waals surface area contributed by atoms with Crippen molar-refractivity contribution in [2.45, 2.75) is 84.7 Å². The van der Waals surface area contributed by atoms with Gasteiger partial charge in [0.05, 0.1) is 6.54 Å². The number of hydrogen-bond donors (Lipinski definition) is 1. The Morgan fingerprint density at radius 2 is 1.45 bits per heavy atom. The third-order valence-corrected chi connectivity index (χ3v) is 6.69. The van der Waals surface area contributed by atoms with Gasteiger partial charge < -0.3 is 19.3 Å². The van der Waals surface area contributed by atoms with Crippen LogP contribution in [0.3, 0.4) is 0 Å². The van der Waals surface area contributed by atoms with E-state index in [0.29, 0.717) is 11.1 Å². The molecule has 0 bridgehead atoms. The molecule has 1 fully saturated rings. The Labute approximate surface area is 248 Å². The van der Waals surface area contributed by atoms with Gasteiger partial charge in [-0.3, -0.25) is 9.59 Å². The van der Waals surface area contributed by atoms with E-state index in [2.05, 4.69) is 5.43 Å². The number of hydrogen-bond acceptors (Lipinski definition) is 6. The molecule has 1 aliphatic heterocycles. The van der Waals surface area contributed by atoms with Crippen LogP contribution in [-0.4, -0.2) is 75.3 Å². The molecule has 4 amide bonds. The molecule has 0 radical (unpaired) electrons. The zero-order valence-electron chi connectivity index (χ0n) is 26.1. The Morgan fingerprint density at radius 3 is 1.95 bits per heavy atom. The average molecular weight is 581 g/mol. The Kier molecular flexibility index (Phi) is 9.59. The molecule has 1 heterocycles. The molecule has 228 valence electrons. The van der Waals surface area contributed by atoms with Gasteiger partial charge in [0.15, 0.2) is 5.54 Å². The SMILES string of the molecule is CC(C)[C@@H]1N(C)C(=O)[C@](Cc2ccccc2)(N(NC(=O)OC(C)(C)C)C(=O)OC(C)(C)C)CN1C(=O)c1ccccc1. The lowest BCUT2D eigenvalue weighted by atomic mass is 9.84. The number of ether oxygens (including phenoxy) is 2. The van der Waals surface area contributed by atoms with Crippen molar-refractivity contribution in [2.24, 2.45) is 5.92 Å². The third kappa shape index (κ3) is 7.60. The zero-order chi connectivity index (χ0) is 31.5. The fraction of sp³-hybridized carbons (Fsp3) is 0.500. The maximum Gasteiger partial charge on any atom is 0.430 e. The minimum atomic E-state index is -1.79. The molecule has 1 N–H and O–H groups in total. The van der Waals surface area contributed by atoms with Gasteiger partial charge in [-0.25, -0.2) is 15.0 Å². The van der Waals surface area contributed by atoms with Gasteiger partial charge in [0.1, 0.15) is 17.4 Å². The smallest absolute Gasteiger partial charge is 0.430 e. The summed E-state index contributed by atoms with van der Waals surface area (Å²) in [6.45, 7) is 13.8. The molecule has 2 atom stereocenters. The van der Waals surface area contributed by atoms with Crippen LogP contribution in [-0.2, 0) is 20.7 Å². The van der Waals surface area contributed by atoms with E-state index in [4.69, 9.17) is 9.47 Å². The quantitative estimate of drug-likeness (QED) is 0.485. The second-order valence-electron chi connectivity index (χ2n) is 13.0. The maximum atomic E-state index is 14.6. The van der Waals surface area contributed by atoms with Crippen molar-refractivity contribution >= 4 is 24.0 Å². The number of rotatable bonds is 5. The number of nitrogens with one attached hydrogen (secondary N) is 1. The molecule has 42 heavy (non-hydrogen) atoms. The lowest BCUT2D eigenvalue weighted by Gasteiger charge is -2.54. The van der Waals surface area contributed by atoms with Crippen molar-refractivity contribution in [2.75, 3.05) is 13.6 Å². The average Bonchev–Trinajstić information content (AvgIpc) is 2.88. The highest BCUT2D eigenvalue weighted by atomic mass is 16.6. The summed E-state index contributed by atoms with van der Waals surface area (Å²) in [6.07, 6.45) is -2.53. The Hall–Kier alpha value is -4.08. The van der Waals surface area contributed by atoms with Crippen LogP contribution in [0.15, 0.2) is 60.7 Å². The fourth-order valence-corrected chi connectivity index (χ4v) is 5.18. The Bertz CT molecular complexity index is 1270. The lowest BCUT2D eigenvalue weighted by Crippen LogP contribution is -2.78. The van der Waals surface area contributed by atoms with E-state index in [0.717, 1.165) is 5.01 Å². The second kappa shape index (κ2) is 12.4. The molecule has 0 saturated carbocycles. The summed E-state index contributed by atoms with van der Waals surface area (Å²) in [4.78, 5) is 58.9. The molecule has 1 aliphatic rings. The lowest BCUT2D eigenvalue weighted by molar-refractivity contribution is -0.164. The van der Waals surface area contributed by atoms with Gasteiger partial charge in [-0.05, 0) is 65.2 Å². The Morgan fingerprint density at radius 1 is 0.929 bits per heavy atom. The van der Waals surface area contributed by atoms with E-state index in [1.807, 2.05) is 50.2 Å². The van der Waals surface area contributed by atoms with Crippen molar-refractivity contribution in [3.63, 3.8) is 0 Å². The molecule has 3 rings (SSSR count). The van der Waals surface area contributed by atoms with Crippen LogP contribution in [0, 0.1) is 5.92 Å². The van der Waals surface area contributed by atoms with Crippen LogP contribution in [0.5, 0.6) is 0 Å². The summed E-state index contributed by atoms with van der Waals surface area (Å²) >= 11 is 0. The zero-order valence-corrected chi connectivity index (χ0v) is 26.1. The van der Waals surface area contributed by atoms with Gasteiger partial charge in [0.2, 0.25) is 0 Å². The number of hydrazine groups is 1. The molecular weight excluding hydrogens is 536 g/mol. The van der Waals surface area contributed by atoms with Crippen molar-refractivity contribution in [1.82, 2.24) is 20.2 Å². The van der Waals surface area contributed by atoms with E-state index in [9.17, 15) is 19.2 Å². The van der Waals surface area contributed by atoms with Crippen molar-refractivity contribution in [3.05, 3.63) is 71.8 Å². The van der Waals surface area contributed by atoms with Gasteiger partial charge in [-0.2, -0.15) is 5.01 Å².